The van der Waals surface area contributed by atoms with Gasteiger partial charge in [0.15, 0.2) is 0 Å². The summed E-state index contributed by atoms with van der Waals surface area (Å²) >= 11 is 0. The second-order valence-electron chi connectivity index (χ2n) is 3.86. The molecule has 0 fully saturated rings. The van der Waals surface area contributed by atoms with Gasteiger partial charge in [-0.25, -0.2) is 8.78 Å². The van der Waals surface area contributed by atoms with Gasteiger partial charge in [-0.2, -0.15) is 0 Å². The van der Waals surface area contributed by atoms with E-state index in [2.05, 4.69) is 4.98 Å². The fourth-order valence-electron chi connectivity index (χ4n) is 1.87. The van der Waals surface area contributed by atoms with E-state index in [0.29, 0.717) is 29.0 Å². The van der Waals surface area contributed by atoms with Gasteiger partial charge in [0.25, 0.3) is 0 Å². The lowest BCUT2D eigenvalue weighted by molar-refractivity contribution is 0.414. The molecule has 0 N–H and O–H groups in total. The molecule has 2 rings (SSSR count). The zero-order valence-corrected chi connectivity index (χ0v) is 10.2. The largest absolute Gasteiger partial charge is 0.497 e. The molecule has 2 aromatic rings. The first-order valence-electron chi connectivity index (χ1n) is 5.64. The lowest BCUT2D eigenvalue weighted by atomic mass is 10.0. The standard InChI is InChI=1S/C14H13F2NO/c1-3-9-6-10(15)7-12(16)14(9)13-8-11(18-2)4-5-17-13/h4-8H,3H2,1-2H3. The van der Waals surface area contributed by atoms with Crippen LogP contribution in [-0.2, 0) is 6.42 Å². The maximum atomic E-state index is 13.9. The Morgan fingerprint density at radius 1 is 1.22 bits per heavy atom. The second kappa shape index (κ2) is 5.12. The van der Waals surface area contributed by atoms with Gasteiger partial charge in [-0.3, -0.25) is 4.98 Å². The first-order valence-corrected chi connectivity index (χ1v) is 5.64. The molecule has 0 amide bonds. The van der Waals surface area contributed by atoms with Crippen molar-refractivity contribution in [3.8, 4) is 17.0 Å². The molecular weight excluding hydrogens is 236 g/mol. The molecule has 0 aliphatic carbocycles. The number of hydrogen-bond donors (Lipinski definition) is 0. The van der Waals surface area contributed by atoms with Crippen molar-refractivity contribution in [1.29, 1.82) is 0 Å². The molecule has 2 nitrogen and oxygen atoms in total. The Balaban J connectivity index is 2.62. The number of aryl methyl sites for hydroxylation is 1. The summed E-state index contributed by atoms with van der Waals surface area (Å²) in [5, 5.41) is 0. The maximum Gasteiger partial charge on any atom is 0.135 e. The minimum absolute atomic E-state index is 0.331. The predicted molar refractivity (Wildman–Crippen MR) is 65.5 cm³/mol. The lowest BCUT2D eigenvalue weighted by Gasteiger charge is -2.10. The van der Waals surface area contributed by atoms with Crippen molar-refractivity contribution < 1.29 is 13.5 Å². The van der Waals surface area contributed by atoms with Crippen molar-refractivity contribution in [1.82, 2.24) is 4.98 Å². The minimum Gasteiger partial charge on any atom is -0.497 e. The van der Waals surface area contributed by atoms with E-state index in [-0.39, 0.29) is 0 Å². The quantitative estimate of drug-likeness (QED) is 0.829. The summed E-state index contributed by atoms with van der Waals surface area (Å²) in [5.74, 6) is -0.589. The number of hydrogen-bond acceptors (Lipinski definition) is 2. The Morgan fingerprint density at radius 3 is 2.67 bits per heavy atom. The van der Waals surface area contributed by atoms with Gasteiger partial charge in [-0.1, -0.05) is 6.92 Å². The smallest absolute Gasteiger partial charge is 0.135 e. The van der Waals surface area contributed by atoms with Crippen LogP contribution in [0, 0.1) is 11.6 Å². The first-order chi connectivity index (χ1) is 8.65. The number of aromatic nitrogens is 1. The van der Waals surface area contributed by atoms with Gasteiger partial charge in [0.1, 0.15) is 17.4 Å². The third kappa shape index (κ3) is 2.32. The van der Waals surface area contributed by atoms with E-state index in [1.165, 1.54) is 19.4 Å². The van der Waals surface area contributed by atoms with E-state index in [4.69, 9.17) is 4.74 Å². The summed E-state index contributed by atoms with van der Waals surface area (Å²) in [5.41, 5.74) is 1.37. The Morgan fingerprint density at radius 2 is 2.00 bits per heavy atom. The van der Waals surface area contributed by atoms with Crippen molar-refractivity contribution in [2.45, 2.75) is 13.3 Å². The van der Waals surface area contributed by atoms with Crippen LogP contribution < -0.4 is 4.74 Å². The molecule has 0 aliphatic rings. The van der Waals surface area contributed by atoms with E-state index in [1.54, 1.807) is 12.1 Å². The third-order valence-corrected chi connectivity index (χ3v) is 2.74. The Labute approximate surface area is 104 Å². The van der Waals surface area contributed by atoms with E-state index in [0.717, 1.165) is 6.07 Å². The highest BCUT2D eigenvalue weighted by atomic mass is 19.1. The molecule has 1 aromatic carbocycles. The number of nitrogens with zero attached hydrogens (tertiary/aromatic N) is 1. The molecule has 94 valence electrons. The third-order valence-electron chi connectivity index (χ3n) is 2.74. The average Bonchev–Trinajstić information content (AvgIpc) is 2.37. The van der Waals surface area contributed by atoms with E-state index in [9.17, 15) is 8.78 Å². The molecule has 0 radical (unpaired) electrons. The van der Waals surface area contributed by atoms with E-state index >= 15 is 0 Å². The predicted octanol–water partition coefficient (Wildman–Crippen LogP) is 3.60. The van der Waals surface area contributed by atoms with Gasteiger partial charge < -0.3 is 4.74 Å². The molecule has 1 heterocycles. The van der Waals surface area contributed by atoms with Crippen LogP contribution in [0.1, 0.15) is 12.5 Å². The van der Waals surface area contributed by atoms with Crippen LogP contribution in [0.2, 0.25) is 0 Å². The number of rotatable bonds is 3. The first kappa shape index (κ1) is 12.5. The lowest BCUT2D eigenvalue weighted by Crippen LogP contribution is -1.97. The SMILES string of the molecule is CCc1cc(F)cc(F)c1-c1cc(OC)ccn1. The number of pyridine rings is 1. The summed E-state index contributed by atoms with van der Waals surface area (Å²) in [6.45, 7) is 1.85. The molecule has 18 heavy (non-hydrogen) atoms. The summed E-state index contributed by atoms with van der Waals surface area (Å²) in [6, 6.07) is 5.52. The van der Waals surface area contributed by atoms with Crippen LogP contribution in [0.25, 0.3) is 11.3 Å². The molecule has 0 bridgehead atoms. The molecule has 0 atom stereocenters. The Kier molecular flexibility index (Phi) is 3.55. The summed E-state index contributed by atoms with van der Waals surface area (Å²) in [6.07, 6.45) is 2.07. The molecular formula is C14H13F2NO. The van der Waals surface area contributed by atoms with Crippen LogP contribution >= 0.6 is 0 Å². The fourth-order valence-corrected chi connectivity index (χ4v) is 1.87. The van der Waals surface area contributed by atoms with Crippen molar-refractivity contribution in [2.75, 3.05) is 7.11 Å². The average molecular weight is 249 g/mol. The highest BCUT2D eigenvalue weighted by Gasteiger charge is 2.14. The Hall–Kier alpha value is -1.97. The zero-order valence-electron chi connectivity index (χ0n) is 10.2. The van der Waals surface area contributed by atoms with Crippen LogP contribution in [0.5, 0.6) is 5.75 Å². The van der Waals surface area contributed by atoms with Gasteiger partial charge in [-0.05, 0) is 24.1 Å². The van der Waals surface area contributed by atoms with Crippen LogP contribution in [0.4, 0.5) is 8.78 Å². The maximum absolute atomic E-state index is 13.9. The molecule has 0 unspecified atom stereocenters. The topological polar surface area (TPSA) is 22.1 Å². The number of benzene rings is 1. The molecule has 0 saturated carbocycles. The van der Waals surface area contributed by atoms with Crippen LogP contribution in [0.15, 0.2) is 30.5 Å². The van der Waals surface area contributed by atoms with Gasteiger partial charge in [0.2, 0.25) is 0 Å². The van der Waals surface area contributed by atoms with E-state index < -0.39 is 11.6 Å². The van der Waals surface area contributed by atoms with Gasteiger partial charge in [0.05, 0.1) is 12.8 Å². The summed E-state index contributed by atoms with van der Waals surface area (Å²) in [4.78, 5) is 4.11. The van der Waals surface area contributed by atoms with Gasteiger partial charge in [0, 0.05) is 23.9 Å². The van der Waals surface area contributed by atoms with Crippen molar-refractivity contribution in [3.05, 3.63) is 47.7 Å². The van der Waals surface area contributed by atoms with Crippen molar-refractivity contribution in [3.63, 3.8) is 0 Å². The number of methoxy groups -OCH3 is 1. The van der Waals surface area contributed by atoms with Crippen molar-refractivity contribution in [2.24, 2.45) is 0 Å². The van der Waals surface area contributed by atoms with Gasteiger partial charge in [-0.15, -0.1) is 0 Å². The Bertz CT molecular complexity index is 570. The fraction of sp³-hybridized carbons (Fsp3) is 0.214. The molecule has 4 heteroatoms. The number of ether oxygens (including phenoxy) is 1. The second-order valence-corrected chi connectivity index (χ2v) is 3.86. The van der Waals surface area contributed by atoms with Crippen molar-refractivity contribution >= 4 is 0 Å². The monoisotopic (exact) mass is 249 g/mol. The highest BCUT2D eigenvalue weighted by molar-refractivity contribution is 5.65. The highest BCUT2D eigenvalue weighted by Crippen LogP contribution is 2.28. The molecule has 0 saturated heterocycles. The molecule has 1 aromatic heterocycles. The van der Waals surface area contributed by atoms with E-state index in [1.807, 2.05) is 6.92 Å². The van der Waals surface area contributed by atoms with Crippen LogP contribution in [0.3, 0.4) is 0 Å². The normalized spacial score (nSPS) is 10.4. The van der Waals surface area contributed by atoms with Crippen LogP contribution in [-0.4, -0.2) is 12.1 Å². The molecule has 0 spiro atoms. The number of halogens is 2. The minimum atomic E-state index is -0.604. The summed E-state index contributed by atoms with van der Waals surface area (Å²) < 4.78 is 32.1. The summed E-state index contributed by atoms with van der Waals surface area (Å²) in [7, 11) is 1.53. The zero-order chi connectivity index (χ0) is 13.1. The molecule has 0 aliphatic heterocycles. The van der Waals surface area contributed by atoms with Gasteiger partial charge >= 0.3 is 0 Å².